The van der Waals surface area contributed by atoms with Crippen molar-refractivity contribution in [3.63, 3.8) is 0 Å². The molecule has 0 bridgehead atoms. The van der Waals surface area contributed by atoms with Crippen LogP contribution in [0.3, 0.4) is 0 Å². The molecule has 0 spiro atoms. The summed E-state index contributed by atoms with van der Waals surface area (Å²) in [5.41, 5.74) is 4.15. The molecule has 0 N–H and O–H groups in total. The zero-order valence-corrected chi connectivity index (χ0v) is 20.4. The third-order valence-corrected chi connectivity index (χ3v) is 6.46. The molecule has 0 amide bonds. The summed E-state index contributed by atoms with van der Waals surface area (Å²) < 4.78 is 17.9. The van der Waals surface area contributed by atoms with Gasteiger partial charge in [0, 0.05) is 5.92 Å². The second kappa shape index (κ2) is 9.69. The van der Waals surface area contributed by atoms with E-state index >= 15 is 0 Å². The van der Waals surface area contributed by atoms with Crippen molar-refractivity contribution in [3.05, 3.63) is 77.4 Å². The van der Waals surface area contributed by atoms with Crippen LogP contribution in [0.2, 0.25) is 0 Å². The van der Waals surface area contributed by atoms with Gasteiger partial charge in [0.15, 0.2) is 11.6 Å². The minimum Gasteiger partial charge on any atom is -0.458 e. The number of carbonyl (C=O) groups excluding carboxylic acids is 2. The SMILES string of the molecule is Cc1ccc(-c2ccccc2)c2c1C(=O)O[C@@H](C)[C@H](C)/C=C\C(=O)[C@H]1OC(C)(C)O[C@H]1C/C=C/2. The van der Waals surface area contributed by atoms with Gasteiger partial charge in [0.2, 0.25) is 0 Å². The Labute approximate surface area is 201 Å². The lowest BCUT2D eigenvalue weighted by Crippen LogP contribution is -2.30. The van der Waals surface area contributed by atoms with Crippen molar-refractivity contribution in [1.29, 1.82) is 0 Å². The number of esters is 1. The minimum atomic E-state index is -0.845. The molecule has 1 saturated heterocycles. The third kappa shape index (κ3) is 5.06. The van der Waals surface area contributed by atoms with Crippen molar-refractivity contribution in [2.24, 2.45) is 5.92 Å². The molecule has 2 aliphatic heterocycles. The zero-order valence-electron chi connectivity index (χ0n) is 20.4. The second-order valence-electron chi connectivity index (χ2n) is 9.55. The fourth-order valence-corrected chi connectivity index (χ4v) is 4.44. The van der Waals surface area contributed by atoms with Crippen LogP contribution in [0.25, 0.3) is 17.2 Å². The highest BCUT2D eigenvalue weighted by Gasteiger charge is 2.43. The molecule has 4 rings (SSSR count). The van der Waals surface area contributed by atoms with Crippen LogP contribution in [0.1, 0.15) is 55.6 Å². The molecule has 2 aromatic rings. The number of benzene rings is 2. The van der Waals surface area contributed by atoms with Crippen molar-refractivity contribution in [1.82, 2.24) is 0 Å². The van der Waals surface area contributed by atoms with Crippen LogP contribution in [0, 0.1) is 12.8 Å². The lowest BCUT2D eigenvalue weighted by atomic mass is 9.91. The number of rotatable bonds is 1. The molecule has 0 unspecified atom stereocenters. The largest absolute Gasteiger partial charge is 0.458 e. The number of fused-ring (bicyclic) bond motifs is 2. The van der Waals surface area contributed by atoms with Gasteiger partial charge in [0.25, 0.3) is 0 Å². The summed E-state index contributed by atoms with van der Waals surface area (Å²) in [5, 5.41) is 0. The standard InChI is InChI=1S/C29H32O5/c1-18-15-17-24(30)27-25(33-29(4,5)34-27)13-9-12-23-22(21-10-7-6-8-11-21)16-14-19(2)26(23)28(31)32-20(18)3/h6-12,14-18,20,25,27H,13H2,1-5H3/b12-9+,17-15-/t18-,20+,25+,27-/m1/s1. The van der Waals surface area contributed by atoms with Gasteiger partial charge in [-0.2, -0.15) is 0 Å². The molecule has 0 saturated carbocycles. The van der Waals surface area contributed by atoms with E-state index < -0.39 is 24.1 Å². The van der Waals surface area contributed by atoms with Gasteiger partial charge in [-0.25, -0.2) is 4.79 Å². The number of hydrogen-bond acceptors (Lipinski definition) is 5. The van der Waals surface area contributed by atoms with Crippen LogP contribution in [-0.2, 0) is 19.0 Å². The zero-order chi connectivity index (χ0) is 24.5. The van der Waals surface area contributed by atoms with Gasteiger partial charge < -0.3 is 14.2 Å². The highest BCUT2D eigenvalue weighted by molar-refractivity contribution is 5.99. The Morgan fingerprint density at radius 3 is 2.41 bits per heavy atom. The van der Waals surface area contributed by atoms with Crippen LogP contribution in [0.5, 0.6) is 0 Å². The van der Waals surface area contributed by atoms with Gasteiger partial charge in [0.05, 0.1) is 11.7 Å². The molecule has 1 fully saturated rings. The predicted molar refractivity (Wildman–Crippen MR) is 132 cm³/mol. The van der Waals surface area contributed by atoms with Gasteiger partial charge in [-0.05, 0) is 62.4 Å². The Hall–Kier alpha value is -3.02. The maximum atomic E-state index is 13.4. The first-order valence-corrected chi connectivity index (χ1v) is 11.8. The summed E-state index contributed by atoms with van der Waals surface area (Å²) in [6.45, 7) is 9.33. The minimum absolute atomic E-state index is 0.146. The highest BCUT2D eigenvalue weighted by atomic mass is 16.8. The maximum absolute atomic E-state index is 13.4. The third-order valence-electron chi connectivity index (χ3n) is 6.46. The summed E-state index contributed by atoms with van der Waals surface area (Å²) in [4.78, 5) is 26.3. The van der Waals surface area contributed by atoms with Crippen LogP contribution in [-0.4, -0.2) is 35.9 Å². The molecule has 2 aliphatic rings. The van der Waals surface area contributed by atoms with Crippen molar-refractivity contribution in [2.75, 3.05) is 0 Å². The summed E-state index contributed by atoms with van der Waals surface area (Å²) in [5.74, 6) is -1.51. The van der Waals surface area contributed by atoms with Crippen LogP contribution >= 0.6 is 0 Å². The number of cyclic esters (lactones) is 1. The molecule has 34 heavy (non-hydrogen) atoms. The summed E-state index contributed by atoms with van der Waals surface area (Å²) in [6.07, 6.45) is 6.16. The van der Waals surface area contributed by atoms with Crippen molar-refractivity contribution < 1.29 is 23.8 Å². The molecule has 4 atom stereocenters. The number of carbonyl (C=O) groups is 2. The topological polar surface area (TPSA) is 61.8 Å². The first-order valence-electron chi connectivity index (χ1n) is 11.8. The van der Waals surface area contributed by atoms with Crippen molar-refractivity contribution in [2.45, 2.75) is 65.1 Å². The monoisotopic (exact) mass is 460 g/mol. The molecule has 0 aromatic heterocycles. The molecule has 2 aromatic carbocycles. The summed E-state index contributed by atoms with van der Waals surface area (Å²) >= 11 is 0. The molecular formula is C29H32O5. The van der Waals surface area contributed by atoms with E-state index in [-0.39, 0.29) is 17.7 Å². The maximum Gasteiger partial charge on any atom is 0.339 e. The van der Waals surface area contributed by atoms with Gasteiger partial charge in [0.1, 0.15) is 12.2 Å². The number of ketones is 1. The quantitative estimate of drug-likeness (QED) is 0.496. The predicted octanol–water partition coefficient (Wildman–Crippen LogP) is 5.91. The Bertz CT molecular complexity index is 1130. The smallest absolute Gasteiger partial charge is 0.339 e. The van der Waals surface area contributed by atoms with Crippen LogP contribution in [0.4, 0.5) is 0 Å². The van der Waals surface area contributed by atoms with E-state index in [1.165, 1.54) is 6.08 Å². The van der Waals surface area contributed by atoms with E-state index in [0.29, 0.717) is 12.0 Å². The molecule has 5 heteroatoms. The van der Waals surface area contributed by atoms with Crippen molar-refractivity contribution in [3.8, 4) is 11.1 Å². The van der Waals surface area contributed by atoms with Gasteiger partial charge in [-0.3, -0.25) is 4.79 Å². The Morgan fingerprint density at radius 1 is 0.941 bits per heavy atom. The average Bonchev–Trinajstić information content (AvgIpc) is 3.11. The second-order valence-corrected chi connectivity index (χ2v) is 9.55. The van der Waals surface area contributed by atoms with Crippen LogP contribution in [0.15, 0.2) is 60.7 Å². The Morgan fingerprint density at radius 2 is 1.68 bits per heavy atom. The van der Waals surface area contributed by atoms with E-state index in [9.17, 15) is 9.59 Å². The summed E-state index contributed by atoms with van der Waals surface area (Å²) in [7, 11) is 0. The fraction of sp³-hybridized carbons (Fsp3) is 0.379. The molecule has 2 heterocycles. The molecular weight excluding hydrogens is 428 g/mol. The molecule has 0 radical (unpaired) electrons. The van der Waals surface area contributed by atoms with E-state index in [2.05, 4.69) is 0 Å². The molecule has 178 valence electrons. The van der Waals surface area contributed by atoms with E-state index in [4.69, 9.17) is 14.2 Å². The van der Waals surface area contributed by atoms with Gasteiger partial charge in [-0.1, -0.05) is 67.6 Å². The van der Waals surface area contributed by atoms with E-state index in [1.807, 2.05) is 89.2 Å². The number of hydrogen-bond donors (Lipinski definition) is 0. The van der Waals surface area contributed by atoms with Gasteiger partial charge in [-0.15, -0.1) is 0 Å². The number of ether oxygens (including phenoxy) is 3. The molecule has 5 nitrogen and oxygen atoms in total. The first-order chi connectivity index (χ1) is 16.2. The average molecular weight is 461 g/mol. The lowest BCUT2D eigenvalue weighted by Gasteiger charge is -2.21. The Kier molecular flexibility index (Phi) is 6.87. The van der Waals surface area contributed by atoms with Crippen LogP contribution < -0.4 is 0 Å². The highest BCUT2D eigenvalue weighted by Crippen LogP contribution is 2.34. The fourth-order valence-electron chi connectivity index (χ4n) is 4.44. The normalized spacial score (nSPS) is 28.9. The summed E-state index contributed by atoms with van der Waals surface area (Å²) in [6, 6.07) is 14.0. The van der Waals surface area contributed by atoms with Crippen molar-refractivity contribution >= 4 is 17.8 Å². The number of aryl methyl sites for hydroxylation is 1. The first kappa shape index (κ1) is 24.1. The van der Waals surface area contributed by atoms with E-state index in [1.54, 1.807) is 6.08 Å². The Balaban J connectivity index is 1.83. The van der Waals surface area contributed by atoms with Gasteiger partial charge >= 0.3 is 5.97 Å². The van der Waals surface area contributed by atoms with E-state index in [0.717, 1.165) is 22.3 Å². The molecule has 0 aliphatic carbocycles. The lowest BCUT2D eigenvalue weighted by molar-refractivity contribution is -0.152.